The van der Waals surface area contributed by atoms with Gasteiger partial charge in [0.05, 0.1) is 0 Å². The summed E-state index contributed by atoms with van der Waals surface area (Å²) in [4.78, 5) is 0. The van der Waals surface area contributed by atoms with Crippen LogP contribution in [-0.4, -0.2) is 34.4 Å². The van der Waals surface area contributed by atoms with Gasteiger partial charge in [-0.15, -0.1) is 0 Å². The Morgan fingerprint density at radius 3 is 2.07 bits per heavy atom. The number of rotatable bonds is 12. The molecule has 0 spiro atoms. The molecule has 3 aromatic carbocycles. The van der Waals surface area contributed by atoms with E-state index < -0.39 is 8.80 Å². The first-order chi connectivity index (χ1) is 14.2. The number of fused-ring (bicyclic) bond motifs is 3. The van der Waals surface area contributed by atoms with Gasteiger partial charge in [0, 0.05) is 31.6 Å². The second-order valence-corrected chi connectivity index (χ2v) is 10.8. The molecule has 0 amide bonds. The van der Waals surface area contributed by atoms with Crippen molar-refractivity contribution in [3.63, 3.8) is 0 Å². The summed E-state index contributed by atoms with van der Waals surface area (Å²) < 4.78 is 17.8. The summed E-state index contributed by atoms with van der Waals surface area (Å²) in [6.45, 7) is 7.97. The Morgan fingerprint density at radius 1 is 0.759 bits per heavy atom. The van der Waals surface area contributed by atoms with E-state index in [1.54, 1.807) is 0 Å². The smallest absolute Gasteiger partial charge is 0.374 e. The van der Waals surface area contributed by atoms with E-state index in [-0.39, 0.29) is 0 Å². The van der Waals surface area contributed by atoms with Crippen molar-refractivity contribution in [3.05, 3.63) is 60.2 Å². The minimum Gasteiger partial charge on any atom is -0.374 e. The Morgan fingerprint density at radius 2 is 1.38 bits per heavy atom. The van der Waals surface area contributed by atoms with Crippen molar-refractivity contribution in [3.8, 4) is 0 Å². The maximum absolute atomic E-state index is 5.95. The van der Waals surface area contributed by atoms with Gasteiger partial charge in [0.15, 0.2) is 0 Å². The average Bonchev–Trinajstić information content (AvgIpc) is 2.74. The van der Waals surface area contributed by atoms with Crippen LogP contribution >= 0.6 is 11.8 Å². The molecule has 0 aliphatic rings. The highest BCUT2D eigenvalue weighted by molar-refractivity contribution is 7.98. The maximum atomic E-state index is 5.95. The molecule has 0 fully saturated rings. The summed E-state index contributed by atoms with van der Waals surface area (Å²) >= 11 is 1.97. The van der Waals surface area contributed by atoms with E-state index in [1.807, 2.05) is 32.5 Å². The molecule has 0 atom stereocenters. The summed E-state index contributed by atoms with van der Waals surface area (Å²) in [5.74, 6) is 2.10. The largest absolute Gasteiger partial charge is 0.500 e. The van der Waals surface area contributed by atoms with E-state index in [0.717, 1.165) is 24.0 Å². The number of thioether (sulfide) groups is 1. The highest BCUT2D eigenvalue weighted by Gasteiger charge is 2.39. The van der Waals surface area contributed by atoms with E-state index in [1.165, 1.54) is 27.1 Å². The van der Waals surface area contributed by atoms with E-state index in [0.29, 0.717) is 19.8 Å². The van der Waals surface area contributed by atoms with Gasteiger partial charge < -0.3 is 13.3 Å². The van der Waals surface area contributed by atoms with Gasteiger partial charge in [-0.3, -0.25) is 0 Å². The zero-order chi connectivity index (χ0) is 20.5. The SMILES string of the molecule is CCO[Si](CCCSCc1ccc2ccc3ccccc3c2c1)(OCC)OCC. The molecule has 3 aromatic rings. The van der Waals surface area contributed by atoms with Gasteiger partial charge in [-0.1, -0.05) is 48.5 Å². The Bertz CT molecular complexity index is 898. The summed E-state index contributed by atoms with van der Waals surface area (Å²) in [5.41, 5.74) is 1.38. The Balaban J connectivity index is 1.58. The normalized spacial score (nSPS) is 12.1. The van der Waals surface area contributed by atoms with E-state index in [9.17, 15) is 0 Å². The van der Waals surface area contributed by atoms with Crippen LogP contribution in [0.25, 0.3) is 21.5 Å². The van der Waals surface area contributed by atoms with Gasteiger partial charge in [-0.05, 0) is 66.1 Å². The van der Waals surface area contributed by atoms with E-state index in [2.05, 4.69) is 54.6 Å². The molecule has 0 N–H and O–H groups in total. The molecule has 0 aliphatic heterocycles. The fraction of sp³-hybridized carbons (Fsp3) is 0.417. The molecular formula is C24H32O3SSi. The van der Waals surface area contributed by atoms with Crippen LogP contribution in [0.4, 0.5) is 0 Å². The third-order valence-corrected chi connectivity index (χ3v) is 9.21. The minimum atomic E-state index is -2.50. The first-order valence-electron chi connectivity index (χ1n) is 10.6. The molecule has 0 bridgehead atoms. The number of hydrogen-bond acceptors (Lipinski definition) is 4. The monoisotopic (exact) mass is 428 g/mol. The highest BCUT2D eigenvalue weighted by Crippen LogP contribution is 2.28. The molecule has 156 valence electrons. The molecule has 3 nitrogen and oxygen atoms in total. The average molecular weight is 429 g/mol. The minimum absolute atomic E-state index is 0.643. The van der Waals surface area contributed by atoms with Crippen molar-refractivity contribution < 1.29 is 13.3 Å². The molecule has 0 aliphatic carbocycles. The third kappa shape index (κ3) is 5.83. The lowest BCUT2D eigenvalue weighted by Crippen LogP contribution is -2.46. The lowest BCUT2D eigenvalue weighted by Gasteiger charge is -2.28. The molecule has 0 heterocycles. The van der Waals surface area contributed by atoms with Crippen LogP contribution < -0.4 is 0 Å². The predicted molar refractivity (Wildman–Crippen MR) is 128 cm³/mol. The zero-order valence-corrected chi connectivity index (χ0v) is 19.6. The zero-order valence-electron chi connectivity index (χ0n) is 17.8. The molecular weight excluding hydrogens is 396 g/mol. The number of benzene rings is 3. The molecule has 0 radical (unpaired) electrons. The van der Waals surface area contributed by atoms with Crippen LogP contribution in [0.3, 0.4) is 0 Å². The van der Waals surface area contributed by atoms with Gasteiger partial charge in [-0.2, -0.15) is 11.8 Å². The molecule has 29 heavy (non-hydrogen) atoms. The Hall–Kier alpha value is -1.37. The standard InChI is InChI=1S/C24H32O3SSi/c1-4-25-29(26-5-2,27-6-3)17-9-16-28-19-20-12-13-22-15-14-21-10-7-8-11-23(21)24(22)18-20/h7-8,10-15,18H,4-6,9,16-17,19H2,1-3H3. The first kappa shape index (κ1) is 22.3. The quantitative estimate of drug-likeness (QED) is 0.183. The molecule has 3 rings (SSSR count). The molecule has 5 heteroatoms. The van der Waals surface area contributed by atoms with E-state index >= 15 is 0 Å². The molecule has 0 unspecified atom stereocenters. The second kappa shape index (κ2) is 11.1. The first-order valence-corrected chi connectivity index (χ1v) is 13.7. The maximum Gasteiger partial charge on any atom is 0.500 e. The predicted octanol–water partition coefficient (Wildman–Crippen LogP) is 6.66. The van der Waals surface area contributed by atoms with Crippen molar-refractivity contribution in [1.82, 2.24) is 0 Å². The van der Waals surface area contributed by atoms with Crippen LogP contribution in [0.15, 0.2) is 54.6 Å². The van der Waals surface area contributed by atoms with Crippen molar-refractivity contribution >= 4 is 42.1 Å². The lowest BCUT2D eigenvalue weighted by molar-refractivity contribution is 0.0712. The van der Waals surface area contributed by atoms with Crippen molar-refractivity contribution in [2.75, 3.05) is 25.6 Å². The van der Waals surface area contributed by atoms with Crippen LogP contribution in [0, 0.1) is 0 Å². The van der Waals surface area contributed by atoms with Crippen LogP contribution in [0.5, 0.6) is 0 Å². The van der Waals surface area contributed by atoms with Gasteiger partial charge in [0.2, 0.25) is 0 Å². The highest BCUT2D eigenvalue weighted by atomic mass is 32.2. The Labute approximate surface area is 180 Å². The summed E-state index contributed by atoms with van der Waals surface area (Å²) in [6.07, 6.45) is 1.05. The van der Waals surface area contributed by atoms with Gasteiger partial charge in [0.25, 0.3) is 0 Å². The van der Waals surface area contributed by atoms with Crippen molar-refractivity contribution in [1.29, 1.82) is 0 Å². The van der Waals surface area contributed by atoms with E-state index in [4.69, 9.17) is 13.3 Å². The van der Waals surface area contributed by atoms with Crippen LogP contribution in [0.1, 0.15) is 32.8 Å². The fourth-order valence-electron chi connectivity index (χ4n) is 3.72. The third-order valence-electron chi connectivity index (χ3n) is 4.94. The lowest BCUT2D eigenvalue weighted by atomic mass is 10.0. The van der Waals surface area contributed by atoms with Gasteiger partial charge >= 0.3 is 8.80 Å². The van der Waals surface area contributed by atoms with Crippen LogP contribution in [0.2, 0.25) is 6.04 Å². The molecule has 0 aromatic heterocycles. The molecule has 0 saturated heterocycles. The fourth-order valence-corrected chi connectivity index (χ4v) is 7.50. The summed E-state index contributed by atoms with van der Waals surface area (Å²) in [5, 5.41) is 5.28. The molecule has 0 saturated carbocycles. The Kier molecular flexibility index (Phi) is 8.57. The van der Waals surface area contributed by atoms with Crippen molar-refractivity contribution in [2.24, 2.45) is 0 Å². The van der Waals surface area contributed by atoms with Crippen LogP contribution in [-0.2, 0) is 19.0 Å². The topological polar surface area (TPSA) is 27.7 Å². The van der Waals surface area contributed by atoms with Gasteiger partial charge in [-0.25, -0.2) is 0 Å². The summed E-state index contributed by atoms with van der Waals surface area (Å²) in [7, 11) is -2.50. The number of hydrogen-bond donors (Lipinski definition) is 0. The summed E-state index contributed by atoms with van der Waals surface area (Å²) in [6, 6.07) is 20.8. The van der Waals surface area contributed by atoms with Gasteiger partial charge in [0.1, 0.15) is 0 Å². The van der Waals surface area contributed by atoms with Crippen molar-refractivity contribution in [2.45, 2.75) is 39.0 Å². The second-order valence-electron chi connectivity index (χ2n) is 6.98.